The van der Waals surface area contributed by atoms with E-state index in [1.54, 1.807) is 12.1 Å². The molecule has 2 aromatic rings. The largest absolute Gasteiger partial charge is 0.337 e. The lowest BCUT2D eigenvalue weighted by molar-refractivity contribution is -0.137. The van der Waals surface area contributed by atoms with Crippen molar-refractivity contribution in [2.45, 2.75) is 78.2 Å². The molecule has 0 spiro atoms. The first-order valence-corrected chi connectivity index (χ1v) is 15.2. The second-order valence-electron chi connectivity index (χ2n) is 12.1. The summed E-state index contributed by atoms with van der Waals surface area (Å²) < 4.78 is 13.5. The molecule has 1 aliphatic heterocycles. The van der Waals surface area contributed by atoms with E-state index in [-0.39, 0.29) is 23.7 Å². The third-order valence-corrected chi connectivity index (χ3v) is 8.50. The number of rotatable bonds is 9. The topological polar surface area (TPSA) is 55.9 Å². The van der Waals surface area contributed by atoms with Crippen molar-refractivity contribution in [1.82, 2.24) is 14.7 Å². The lowest BCUT2D eigenvalue weighted by atomic mass is 9.88. The Labute approximate surface area is 239 Å². The average molecular weight is 551 g/mol. The maximum Gasteiger partial charge on any atom is 0.321 e. The number of benzene rings is 2. The third kappa shape index (κ3) is 7.84. The van der Waals surface area contributed by atoms with Crippen LogP contribution in [0.5, 0.6) is 0 Å². The molecule has 2 fully saturated rings. The second-order valence-corrected chi connectivity index (χ2v) is 12.1. The van der Waals surface area contributed by atoms with E-state index < -0.39 is 0 Å². The molecule has 2 aliphatic rings. The predicted molar refractivity (Wildman–Crippen MR) is 160 cm³/mol. The molecule has 0 atom stereocenters. The van der Waals surface area contributed by atoms with Crippen molar-refractivity contribution in [3.8, 4) is 0 Å². The van der Waals surface area contributed by atoms with Gasteiger partial charge in [-0.05, 0) is 53.5 Å². The van der Waals surface area contributed by atoms with Crippen LogP contribution in [0.2, 0.25) is 0 Å². The van der Waals surface area contributed by atoms with Gasteiger partial charge in [0, 0.05) is 57.4 Å². The Morgan fingerprint density at radius 2 is 1.50 bits per heavy atom. The zero-order valence-corrected chi connectivity index (χ0v) is 24.8. The Kier molecular flexibility index (Phi) is 10.6. The monoisotopic (exact) mass is 550 g/mol. The van der Waals surface area contributed by atoms with Crippen LogP contribution in [0.25, 0.3) is 0 Å². The van der Waals surface area contributed by atoms with Crippen molar-refractivity contribution in [3.63, 3.8) is 0 Å². The minimum Gasteiger partial charge on any atom is -0.337 e. The molecule has 1 heterocycles. The zero-order valence-electron chi connectivity index (χ0n) is 24.8. The van der Waals surface area contributed by atoms with Gasteiger partial charge in [0.05, 0.1) is 0 Å². The fourth-order valence-electron chi connectivity index (χ4n) is 6.00. The lowest BCUT2D eigenvalue weighted by Gasteiger charge is -2.37. The number of para-hydroxylation sites is 1. The standard InChI is InChI=1S/C33H47FN4O2/c1-24(2)29-11-8-12-30(25(3)4)31(29)35-33(40)37-20-17-36(18-21-37)19-22-38(23-26-13-15-28(34)16-14-26)32(39)27-9-6-5-7-10-27/h8,11-16,24-25,27H,5-7,9-10,17-23H2,1-4H3,(H,35,40). The van der Waals surface area contributed by atoms with Crippen LogP contribution in [-0.4, -0.2) is 65.9 Å². The molecule has 1 saturated carbocycles. The fraction of sp³-hybridized carbons (Fsp3) is 0.576. The normalized spacial score (nSPS) is 16.9. The number of carbonyl (C=O) groups is 2. The van der Waals surface area contributed by atoms with Gasteiger partial charge in [0.2, 0.25) is 5.91 Å². The van der Waals surface area contributed by atoms with E-state index in [9.17, 15) is 14.0 Å². The first-order chi connectivity index (χ1) is 19.2. The molecule has 0 aromatic heterocycles. The number of carbonyl (C=O) groups excluding carboxylic acids is 2. The van der Waals surface area contributed by atoms with Crippen molar-refractivity contribution in [2.75, 3.05) is 44.6 Å². The van der Waals surface area contributed by atoms with E-state index in [0.717, 1.165) is 56.6 Å². The minimum atomic E-state index is -0.260. The molecule has 4 rings (SSSR count). The van der Waals surface area contributed by atoms with Crippen LogP contribution >= 0.6 is 0 Å². The van der Waals surface area contributed by atoms with E-state index in [1.165, 1.54) is 29.7 Å². The van der Waals surface area contributed by atoms with Gasteiger partial charge >= 0.3 is 6.03 Å². The van der Waals surface area contributed by atoms with E-state index >= 15 is 0 Å². The molecule has 3 amide bonds. The number of urea groups is 1. The number of hydrogen-bond donors (Lipinski definition) is 1. The van der Waals surface area contributed by atoms with Crippen LogP contribution in [-0.2, 0) is 11.3 Å². The van der Waals surface area contributed by atoms with Crippen molar-refractivity contribution in [2.24, 2.45) is 5.92 Å². The SMILES string of the molecule is CC(C)c1cccc(C(C)C)c1NC(=O)N1CCN(CCN(Cc2ccc(F)cc2)C(=O)C2CCCCC2)CC1. The number of anilines is 1. The zero-order chi connectivity index (χ0) is 28.6. The second kappa shape index (κ2) is 14.1. The molecule has 0 unspecified atom stereocenters. The number of nitrogens with zero attached hydrogens (tertiary/aromatic N) is 3. The van der Waals surface area contributed by atoms with Gasteiger partial charge in [0.15, 0.2) is 0 Å². The van der Waals surface area contributed by atoms with Gasteiger partial charge in [-0.1, -0.05) is 77.3 Å². The van der Waals surface area contributed by atoms with Crippen LogP contribution < -0.4 is 5.32 Å². The van der Waals surface area contributed by atoms with Gasteiger partial charge in [0.25, 0.3) is 0 Å². The summed E-state index contributed by atoms with van der Waals surface area (Å²) in [5.41, 5.74) is 4.25. The summed E-state index contributed by atoms with van der Waals surface area (Å²) in [6.07, 6.45) is 5.37. The Bertz CT molecular complexity index is 1090. The van der Waals surface area contributed by atoms with Crippen LogP contribution in [0.15, 0.2) is 42.5 Å². The quantitative estimate of drug-likeness (QED) is 0.372. The van der Waals surface area contributed by atoms with E-state index in [4.69, 9.17) is 0 Å². The Balaban J connectivity index is 1.34. The minimum absolute atomic E-state index is 0.0416. The van der Waals surface area contributed by atoms with Crippen molar-refractivity contribution in [1.29, 1.82) is 0 Å². The molecule has 0 radical (unpaired) electrons. The summed E-state index contributed by atoms with van der Waals surface area (Å²) in [5.74, 6) is 0.704. The van der Waals surface area contributed by atoms with Crippen LogP contribution in [0, 0.1) is 11.7 Å². The highest BCUT2D eigenvalue weighted by molar-refractivity contribution is 5.91. The van der Waals surface area contributed by atoms with E-state index in [0.29, 0.717) is 38.0 Å². The molecular formula is C33H47FN4O2. The molecule has 218 valence electrons. The number of halogens is 1. The smallest absolute Gasteiger partial charge is 0.321 e. The molecule has 1 aliphatic carbocycles. The van der Waals surface area contributed by atoms with Crippen LogP contribution in [0.4, 0.5) is 14.9 Å². The summed E-state index contributed by atoms with van der Waals surface area (Å²) in [6.45, 7) is 13.4. The molecule has 40 heavy (non-hydrogen) atoms. The number of piperazine rings is 1. The predicted octanol–water partition coefficient (Wildman–Crippen LogP) is 6.83. The molecular weight excluding hydrogens is 503 g/mol. The highest BCUT2D eigenvalue weighted by atomic mass is 19.1. The van der Waals surface area contributed by atoms with Gasteiger partial charge in [-0.2, -0.15) is 0 Å². The number of amides is 3. The van der Waals surface area contributed by atoms with Gasteiger partial charge in [-0.15, -0.1) is 0 Å². The first kappa shape index (κ1) is 30.0. The maximum absolute atomic E-state index is 13.5. The highest BCUT2D eigenvalue weighted by Gasteiger charge is 2.28. The number of nitrogens with one attached hydrogen (secondary N) is 1. The van der Waals surface area contributed by atoms with Crippen LogP contribution in [0.3, 0.4) is 0 Å². The summed E-state index contributed by atoms with van der Waals surface area (Å²) >= 11 is 0. The average Bonchev–Trinajstić information content (AvgIpc) is 2.96. The lowest BCUT2D eigenvalue weighted by Crippen LogP contribution is -2.52. The van der Waals surface area contributed by atoms with E-state index in [1.807, 2.05) is 9.80 Å². The van der Waals surface area contributed by atoms with Gasteiger partial charge in [0.1, 0.15) is 5.82 Å². The Morgan fingerprint density at radius 3 is 2.08 bits per heavy atom. The molecule has 1 saturated heterocycles. The molecule has 2 aromatic carbocycles. The molecule has 7 heteroatoms. The van der Waals surface area contributed by atoms with Gasteiger partial charge in [-0.25, -0.2) is 9.18 Å². The summed E-state index contributed by atoms with van der Waals surface area (Å²) in [6, 6.07) is 12.7. The maximum atomic E-state index is 13.5. The highest BCUT2D eigenvalue weighted by Crippen LogP contribution is 2.32. The first-order valence-electron chi connectivity index (χ1n) is 15.2. The summed E-state index contributed by atoms with van der Waals surface area (Å²) in [4.78, 5) is 33.0. The summed E-state index contributed by atoms with van der Waals surface area (Å²) in [5, 5.41) is 3.25. The van der Waals surface area contributed by atoms with Gasteiger partial charge in [-0.3, -0.25) is 9.69 Å². The third-order valence-electron chi connectivity index (χ3n) is 8.50. The van der Waals surface area contributed by atoms with Crippen molar-refractivity contribution in [3.05, 3.63) is 65.0 Å². The molecule has 1 N–H and O–H groups in total. The Morgan fingerprint density at radius 1 is 0.900 bits per heavy atom. The van der Waals surface area contributed by atoms with Crippen molar-refractivity contribution >= 4 is 17.6 Å². The van der Waals surface area contributed by atoms with E-state index in [2.05, 4.69) is 56.1 Å². The fourth-order valence-corrected chi connectivity index (χ4v) is 6.00. The van der Waals surface area contributed by atoms with Crippen LogP contribution in [0.1, 0.15) is 88.3 Å². The number of hydrogen-bond acceptors (Lipinski definition) is 3. The Hall–Kier alpha value is -2.93. The van der Waals surface area contributed by atoms with Crippen molar-refractivity contribution < 1.29 is 14.0 Å². The summed E-state index contributed by atoms with van der Waals surface area (Å²) in [7, 11) is 0. The molecule has 0 bridgehead atoms. The van der Waals surface area contributed by atoms with Gasteiger partial charge < -0.3 is 15.1 Å². The molecule has 6 nitrogen and oxygen atoms in total.